The second-order valence-electron chi connectivity index (χ2n) is 5.99. The second kappa shape index (κ2) is 5.69. The van der Waals surface area contributed by atoms with Gasteiger partial charge in [0.2, 0.25) is 0 Å². The van der Waals surface area contributed by atoms with E-state index in [1.807, 2.05) is 0 Å². The highest BCUT2D eigenvalue weighted by Crippen LogP contribution is 2.24. The lowest BCUT2D eigenvalue weighted by atomic mass is 9.94. The van der Waals surface area contributed by atoms with Crippen LogP contribution in [-0.4, -0.2) is 52.4 Å². The van der Waals surface area contributed by atoms with Crippen molar-refractivity contribution in [2.75, 3.05) is 24.3 Å². The monoisotopic (exact) mass is 309 g/mol. The minimum Gasteiger partial charge on any atom is -0.314 e. The summed E-state index contributed by atoms with van der Waals surface area (Å²) in [5.41, 5.74) is 0. The van der Waals surface area contributed by atoms with Gasteiger partial charge >= 0.3 is 0 Å². The molecule has 0 radical (unpaired) electrons. The third kappa shape index (κ3) is 4.43. The van der Waals surface area contributed by atoms with Crippen molar-refractivity contribution in [2.45, 2.75) is 43.4 Å². The van der Waals surface area contributed by atoms with Crippen LogP contribution in [0.4, 0.5) is 0 Å². The minimum atomic E-state index is -2.95. The zero-order chi connectivity index (χ0) is 14.1. The van der Waals surface area contributed by atoms with E-state index >= 15 is 0 Å². The normalized spacial score (nSPS) is 35.3. The van der Waals surface area contributed by atoms with Gasteiger partial charge in [-0.3, -0.25) is 0 Å². The average molecular weight is 309 g/mol. The first kappa shape index (κ1) is 15.3. The summed E-state index contributed by atoms with van der Waals surface area (Å²) in [5, 5.41) is 3.14. The van der Waals surface area contributed by atoms with Crippen LogP contribution in [0.25, 0.3) is 0 Å². The van der Waals surface area contributed by atoms with E-state index in [0.29, 0.717) is 18.7 Å². The Morgan fingerprint density at radius 3 is 2.53 bits per heavy atom. The molecule has 5 nitrogen and oxygen atoms in total. The van der Waals surface area contributed by atoms with Crippen molar-refractivity contribution >= 4 is 19.7 Å². The maximum atomic E-state index is 11.6. The SMILES string of the molecule is CS(=O)(=O)C1CCCC(NCC2CCS(=O)(=O)C2)C1. The predicted molar refractivity (Wildman–Crippen MR) is 75.7 cm³/mol. The fourth-order valence-electron chi connectivity index (χ4n) is 3.09. The zero-order valence-electron chi connectivity index (χ0n) is 11.3. The second-order valence-corrected chi connectivity index (χ2v) is 10.5. The summed E-state index contributed by atoms with van der Waals surface area (Å²) in [6.45, 7) is 0.695. The van der Waals surface area contributed by atoms with Crippen molar-refractivity contribution in [1.82, 2.24) is 5.32 Å². The number of sulfone groups is 2. The Balaban J connectivity index is 1.80. The number of rotatable bonds is 4. The molecule has 0 amide bonds. The van der Waals surface area contributed by atoms with Crippen LogP contribution in [0.5, 0.6) is 0 Å². The van der Waals surface area contributed by atoms with Gasteiger partial charge in [-0.15, -0.1) is 0 Å². The highest BCUT2D eigenvalue weighted by atomic mass is 32.2. The van der Waals surface area contributed by atoms with Gasteiger partial charge in [0.25, 0.3) is 0 Å². The molecule has 1 aliphatic heterocycles. The Morgan fingerprint density at radius 1 is 1.21 bits per heavy atom. The largest absolute Gasteiger partial charge is 0.314 e. The van der Waals surface area contributed by atoms with E-state index in [-0.39, 0.29) is 23.0 Å². The zero-order valence-corrected chi connectivity index (χ0v) is 13.0. The van der Waals surface area contributed by atoms with Crippen molar-refractivity contribution < 1.29 is 16.8 Å². The van der Waals surface area contributed by atoms with Crippen LogP contribution in [0.3, 0.4) is 0 Å². The molecule has 1 N–H and O–H groups in total. The minimum absolute atomic E-state index is 0.198. The van der Waals surface area contributed by atoms with Gasteiger partial charge in [-0.2, -0.15) is 0 Å². The molecule has 2 fully saturated rings. The third-order valence-electron chi connectivity index (χ3n) is 4.25. The highest BCUT2D eigenvalue weighted by molar-refractivity contribution is 7.91. The fourth-order valence-corrected chi connectivity index (χ4v) is 6.12. The smallest absolute Gasteiger partial charge is 0.150 e. The van der Waals surface area contributed by atoms with E-state index in [9.17, 15) is 16.8 Å². The first-order valence-electron chi connectivity index (χ1n) is 6.89. The first-order valence-corrected chi connectivity index (χ1v) is 10.7. The molecular formula is C12H23NO4S2. The molecule has 0 spiro atoms. The van der Waals surface area contributed by atoms with E-state index < -0.39 is 19.7 Å². The molecular weight excluding hydrogens is 286 g/mol. The van der Waals surface area contributed by atoms with E-state index in [1.165, 1.54) is 6.26 Å². The third-order valence-corrected chi connectivity index (χ3v) is 7.73. The van der Waals surface area contributed by atoms with Gasteiger partial charge in [-0.25, -0.2) is 16.8 Å². The quantitative estimate of drug-likeness (QED) is 0.811. The van der Waals surface area contributed by atoms with Gasteiger partial charge < -0.3 is 5.32 Å². The Bertz CT molecular complexity index is 512. The maximum Gasteiger partial charge on any atom is 0.150 e. The van der Waals surface area contributed by atoms with Crippen molar-refractivity contribution in [3.05, 3.63) is 0 Å². The van der Waals surface area contributed by atoms with Crippen molar-refractivity contribution in [2.24, 2.45) is 5.92 Å². The Morgan fingerprint density at radius 2 is 1.95 bits per heavy atom. The fraction of sp³-hybridized carbons (Fsp3) is 1.00. The molecule has 7 heteroatoms. The van der Waals surface area contributed by atoms with Crippen LogP contribution in [0.2, 0.25) is 0 Å². The van der Waals surface area contributed by atoms with Gasteiger partial charge in [0.15, 0.2) is 9.84 Å². The van der Waals surface area contributed by atoms with E-state index in [1.54, 1.807) is 0 Å². The molecule has 3 unspecified atom stereocenters. The summed E-state index contributed by atoms with van der Waals surface area (Å²) in [7, 11) is -5.77. The van der Waals surface area contributed by atoms with Crippen LogP contribution in [0.1, 0.15) is 32.1 Å². The van der Waals surface area contributed by atoms with Crippen LogP contribution in [0, 0.1) is 5.92 Å². The van der Waals surface area contributed by atoms with Crippen molar-refractivity contribution in [3.8, 4) is 0 Å². The lowest BCUT2D eigenvalue weighted by molar-refractivity contribution is 0.353. The molecule has 19 heavy (non-hydrogen) atoms. The molecule has 0 aromatic heterocycles. The highest BCUT2D eigenvalue weighted by Gasteiger charge is 2.31. The molecule has 1 aliphatic carbocycles. The van der Waals surface area contributed by atoms with Gasteiger partial charge in [-0.05, 0) is 38.1 Å². The van der Waals surface area contributed by atoms with Gasteiger partial charge in [0.1, 0.15) is 9.84 Å². The standard InChI is InChI=1S/C12H23NO4S2/c1-18(14,15)12-4-2-3-11(7-12)13-8-10-5-6-19(16,17)9-10/h10-13H,2-9H2,1H3. The molecule has 0 bridgehead atoms. The van der Waals surface area contributed by atoms with E-state index in [0.717, 1.165) is 25.7 Å². The molecule has 0 aromatic carbocycles. The first-order chi connectivity index (χ1) is 8.76. The van der Waals surface area contributed by atoms with Crippen LogP contribution >= 0.6 is 0 Å². The van der Waals surface area contributed by atoms with Crippen LogP contribution in [0.15, 0.2) is 0 Å². The van der Waals surface area contributed by atoms with Crippen LogP contribution in [-0.2, 0) is 19.7 Å². The summed E-state index contributed by atoms with van der Waals surface area (Å²) in [4.78, 5) is 0. The lowest BCUT2D eigenvalue weighted by Gasteiger charge is -2.29. The molecule has 0 aromatic rings. The Labute approximate surface area is 116 Å². The molecule has 1 saturated carbocycles. The summed E-state index contributed by atoms with van der Waals surface area (Å²) < 4.78 is 45.9. The summed E-state index contributed by atoms with van der Waals surface area (Å²) in [6, 6.07) is 0.219. The summed E-state index contributed by atoms with van der Waals surface area (Å²) >= 11 is 0. The van der Waals surface area contributed by atoms with Gasteiger partial charge in [0.05, 0.1) is 16.8 Å². The molecule has 1 heterocycles. The molecule has 3 atom stereocenters. The van der Waals surface area contributed by atoms with Gasteiger partial charge in [-0.1, -0.05) is 6.42 Å². The predicted octanol–water partition coefficient (Wildman–Crippen LogP) is 0.367. The van der Waals surface area contributed by atoms with Crippen molar-refractivity contribution in [1.29, 1.82) is 0 Å². The summed E-state index contributed by atoms with van der Waals surface area (Å²) in [6.07, 6.45) is 5.39. The number of hydrogen-bond acceptors (Lipinski definition) is 5. The van der Waals surface area contributed by atoms with E-state index in [4.69, 9.17) is 0 Å². The lowest BCUT2D eigenvalue weighted by Crippen LogP contribution is -2.40. The molecule has 1 saturated heterocycles. The molecule has 112 valence electrons. The summed E-state index contributed by atoms with van der Waals surface area (Å²) in [5.74, 6) is 0.779. The Kier molecular flexibility index (Phi) is 4.57. The Hall–Kier alpha value is -0.140. The van der Waals surface area contributed by atoms with Crippen molar-refractivity contribution in [3.63, 3.8) is 0 Å². The number of hydrogen-bond donors (Lipinski definition) is 1. The average Bonchev–Trinajstić information content (AvgIpc) is 2.66. The van der Waals surface area contributed by atoms with Crippen LogP contribution < -0.4 is 5.32 Å². The molecule has 2 aliphatic rings. The molecule has 2 rings (SSSR count). The topological polar surface area (TPSA) is 80.3 Å². The van der Waals surface area contributed by atoms with E-state index in [2.05, 4.69) is 5.32 Å². The number of nitrogens with one attached hydrogen (secondary N) is 1. The maximum absolute atomic E-state index is 11.6. The van der Waals surface area contributed by atoms with Gasteiger partial charge in [0, 0.05) is 12.3 Å².